The van der Waals surface area contributed by atoms with E-state index >= 15 is 0 Å². The number of carbonyl (C=O) groups excluding carboxylic acids is 2. The fourth-order valence-corrected chi connectivity index (χ4v) is 2.43. The molecular formula is C22H15NO5. The maximum atomic E-state index is 12.1. The summed E-state index contributed by atoms with van der Waals surface area (Å²) in [7, 11) is 0. The summed E-state index contributed by atoms with van der Waals surface area (Å²) < 4.78 is 5.23. The van der Waals surface area contributed by atoms with E-state index in [2.05, 4.69) is 0 Å². The third-order valence-electron chi connectivity index (χ3n) is 3.87. The Bertz CT molecular complexity index is 1040. The molecule has 0 aliphatic heterocycles. The monoisotopic (exact) mass is 373 g/mol. The minimum absolute atomic E-state index is 0.0895. The number of hydrogen-bond donors (Lipinski definition) is 0. The van der Waals surface area contributed by atoms with E-state index in [1.165, 1.54) is 24.3 Å². The number of nitrogens with zero attached hydrogens (tertiary/aromatic N) is 1. The van der Waals surface area contributed by atoms with Crippen molar-refractivity contribution in [1.29, 1.82) is 0 Å². The van der Waals surface area contributed by atoms with Crippen LogP contribution in [0.4, 0.5) is 5.69 Å². The SMILES string of the molecule is O=C(/C=C/c1ccc(OC(=O)c2cccc([N+](=O)[O-])c2)cc1)c1ccccc1. The average molecular weight is 373 g/mol. The summed E-state index contributed by atoms with van der Waals surface area (Å²) in [6.07, 6.45) is 3.14. The molecule has 0 radical (unpaired) electrons. The zero-order valence-electron chi connectivity index (χ0n) is 14.6. The van der Waals surface area contributed by atoms with Gasteiger partial charge >= 0.3 is 5.97 Å². The lowest BCUT2D eigenvalue weighted by molar-refractivity contribution is -0.384. The lowest BCUT2D eigenvalue weighted by Crippen LogP contribution is -2.08. The lowest BCUT2D eigenvalue weighted by Gasteiger charge is -2.04. The van der Waals surface area contributed by atoms with E-state index in [4.69, 9.17) is 4.74 Å². The molecule has 0 saturated heterocycles. The Morgan fingerprint density at radius 2 is 1.54 bits per heavy atom. The fraction of sp³-hybridized carbons (Fsp3) is 0. The third kappa shape index (κ3) is 4.76. The predicted octanol–water partition coefficient (Wildman–Crippen LogP) is 4.71. The van der Waals surface area contributed by atoms with Gasteiger partial charge in [-0.3, -0.25) is 14.9 Å². The molecule has 0 saturated carbocycles. The van der Waals surface area contributed by atoms with E-state index in [0.29, 0.717) is 11.3 Å². The third-order valence-corrected chi connectivity index (χ3v) is 3.87. The summed E-state index contributed by atoms with van der Waals surface area (Å²) in [4.78, 5) is 34.4. The second kappa shape index (κ2) is 8.55. The fourth-order valence-electron chi connectivity index (χ4n) is 2.43. The molecule has 0 aromatic heterocycles. The first kappa shape index (κ1) is 18.7. The van der Waals surface area contributed by atoms with Gasteiger partial charge in [-0.15, -0.1) is 0 Å². The van der Waals surface area contributed by atoms with E-state index in [-0.39, 0.29) is 17.0 Å². The number of benzene rings is 3. The minimum Gasteiger partial charge on any atom is -0.423 e. The zero-order chi connectivity index (χ0) is 19.9. The Morgan fingerprint density at radius 1 is 0.857 bits per heavy atom. The van der Waals surface area contributed by atoms with Crippen molar-refractivity contribution in [3.8, 4) is 5.75 Å². The van der Waals surface area contributed by atoms with Gasteiger partial charge in [0.05, 0.1) is 10.5 Å². The van der Waals surface area contributed by atoms with Gasteiger partial charge in [0, 0.05) is 17.7 Å². The summed E-state index contributed by atoms with van der Waals surface area (Å²) in [5, 5.41) is 10.8. The number of ketones is 1. The Labute approximate surface area is 160 Å². The number of carbonyl (C=O) groups is 2. The maximum absolute atomic E-state index is 12.1. The van der Waals surface area contributed by atoms with Crippen molar-refractivity contribution < 1.29 is 19.2 Å². The molecule has 0 atom stereocenters. The van der Waals surface area contributed by atoms with Crippen molar-refractivity contribution >= 4 is 23.5 Å². The highest BCUT2D eigenvalue weighted by Crippen LogP contribution is 2.18. The second-order valence-corrected chi connectivity index (χ2v) is 5.83. The number of non-ortho nitro benzene ring substituents is 1. The molecule has 0 N–H and O–H groups in total. The molecule has 6 nitrogen and oxygen atoms in total. The van der Waals surface area contributed by atoms with Crippen molar-refractivity contribution in [3.63, 3.8) is 0 Å². The smallest absolute Gasteiger partial charge is 0.343 e. The highest BCUT2D eigenvalue weighted by atomic mass is 16.6. The maximum Gasteiger partial charge on any atom is 0.343 e. The highest BCUT2D eigenvalue weighted by molar-refractivity contribution is 6.06. The molecule has 0 bridgehead atoms. The zero-order valence-corrected chi connectivity index (χ0v) is 14.6. The van der Waals surface area contributed by atoms with Gasteiger partial charge in [0.15, 0.2) is 5.78 Å². The van der Waals surface area contributed by atoms with Gasteiger partial charge in [-0.1, -0.05) is 54.6 Å². The molecule has 3 aromatic rings. The highest BCUT2D eigenvalue weighted by Gasteiger charge is 2.13. The summed E-state index contributed by atoms with van der Waals surface area (Å²) in [5.74, 6) is -0.504. The van der Waals surface area contributed by atoms with Crippen molar-refractivity contribution in [3.05, 3.63) is 112 Å². The van der Waals surface area contributed by atoms with Crippen LogP contribution in [0.2, 0.25) is 0 Å². The van der Waals surface area contributed by atoms with Crippen LogP contribution in [0.25, 0.3) is 6.08 Å². The largest absolute Gasteiger partial charge is 0.423 e. The molecular weight excluding hydrogens is 358 g/mol. The van der Waals surface area contributed by atoms with Gasteiger partial charge in [0.25, 0.3) is 5.69 Å². The molecule has 0 spiro atoms. The number of hydrogen-bond acceptors (Lipinski definition) is 5. The molecule has 6 heteroatoms. The van der Waals surface area contributed by atoms with Gasteiger partial charge in [-0.25, -0.2) is 4.79 Å². The number of esters is 1. The van der Waals surface area contributed by atoms with Gasteiger partial charge in [-0.05, 0) is 29.8 Å². The number of allylic oxidation sites excluding steroid dienone is 1. The minimum atomic E-state index is -0.689. The molecule has 0 aliphatic rings. The Hall–Kier alpha value is -4.06. The summed E-state index contributed by atoms with van der Waals surface area (Å²) in [6, 6.07) is 20.8. The van der Waals surface area contributed by atoms with E-state index in [1.54, 1.807) is 54.6 Å². The van der Waals surface area contributed by atoms with Crippen molar-refractivity contribution in [2.45, 2.75) is 0 Å². The first-order valence-electron chi connectivity index (χ1n) is 8.37. The summed E-state index contributed by atoms with van der Waals surface area (Å²) in [5.41, 5.74) is 1.27. The number of rotatable bonds is 6. The molecule has 3 aromatic carbocycles. The molecule has 0 heterocycles. The van der Waals surface area contributed by atoms with Crippen molar-refractivity contribution in [1.82, 2.24) is 0 Å². The molecule has 138 valence electrons. The van der Waals surface area contributed by atoms with Crippen LogP contribution in [-0.4, -0.2) is 16.7 Å². The van der Waals surface area contributed by atoms with Crippen LogP contribution in [0.15, 0.2) is 84.9 Å². The van der Waals surface area contributed by atoms with Crippen LogP contribution in [-0.2, 0) is 0 Å². The Morgan fingerprint density at radius 3 is 2.21 bits per heavy atom. The Kier molecular flexibility index (Phi) is 5.72. The van der Waals surface area contributed by atoms with Gasteiger partial charge in [-0.2, -0.15) is 0 Å². The van der Waals surface area contributed by atoms with E-state index in [9.17, 15) is 19.7 Å². The summed E-state index contributed by atoms with van der Waals surface area (Å²) >= 11 is 0. The number of nitro groups is 1. The molecule has 28 heavy (non-hydrogen) atoms. The van der Waals surface area contributed by atoms with Crippen LogP contribution in [0.3, 0.4) is 0 Å². The molecule has 0 unspecified atom stereocenters. The average Bonchev–Trinajstić information content (AvgIpc) is 2.73. The molecule has 0 fully saturated rings. The van der Waals surface area contributed by atoms with Crippen molar-refractivity contribution in [2.75, 3.05) is 0 Å². The quantitative estimate of drug-likeness (QED) is 0.156. The summed E-state index contributed by atoms with van der Waals surface area (Å²) in [6.45, 7) is 0. The second-order valence-electron chi connectivity index (χ2n) is 5.83. The van der Waals surface area contributed by atoms with Crippen LogP contribution in [0.1, 0.15) is 26.3 Å². The first-order valence-corrected chi connectivity index (χ1v) is 8.37. The van der Waals surface area contributed by atoms with Gasteiger partial charge in [0.1, 0.15) is 5.75 Å². The molecule has 0 amide bonds. The van der Waals surface area contributed by atoms with E-state index in [0.717, 1.165) is 11.6 Å². The predicted molar refractivity (Wildman–Crippen MR) is 104 cm³/mol. The first-order chi connectivity index (χ1) is 13.5. The Balaban J connectivity index is 1.65. The lowest BCUT2D eigenvalue weighted by atomic mass is 10.1. The topological polar surface area (TPSA) is 86.5 Å². The number of ether oxygens (including phenoxy) is 1. The van der Waals surface area contributed by atoms with Crippen molar-refractivity contribution in [2.24, 2.45) is 0 Å². The molecule has 3 rings (SSSR count). The van der Waals surface area contributed by atoms with Crippen LogP contribution in [0.5, 0.6) is 5.75 Å². The van der Waals surface area contributed by atoms with Crippen LogP contribution in [0, 0.1) is 10.1 Å². The van der Waals surface area contributed by atoms with Gasteiger partial charge < -0.3 is 4.74 Å². The van der Waals surface area contributed by atoms with Crippen LogP contribution < -0.4 is 4.74 Å². The number of nitro benzene ring substituents is 1. The van der Waals surface area contributed by atoms with E-state index in [1.807, 2.05) is 6.07 Å². The normalized spacial score (nSPS) is 10.6. The van der Waals surface area contributed by atoms with Gasteiger partial charge in [0.2, 0.25) is 0 Å². The van der Waals surface area contributed by atoms with E-state index < -0.39 is 10.9 Å². The standard InChI is InChI=1S/C22H15NO5/c24-21(17-5-2-1-3-6-17)14-11-16-9-12-20(13-10-16)28-22(25)18-7-4-8-19(15-18)23(26)27/h1-15H/b14-11+. The molecule has 0 aliphatic carbocycles. The van der Waals surface area contributed by atoms with Crippen LogP contribution >= 0.6 is 0 Å².